The lowest BCUT2D eigenvalue weighted by atomic mass is 9.96. The summed E-state index contributed by atoms with van der Waals surface area (Å²) in [6.07, 6.45) is -2.52. The molecule has 192 valence electrons. The molecule has 1 aromatic heterocycles. The van der Waals surface area contributed by atoms with Crippen molar-refractivity contribution in [3.8, 4) is 11.1 Å². The van der Waals surface area contributed by atoms with Crippen LogP contribution in [-0.2, 0) is 6.54 Å². The van der Waals surface area contributed by atoms with Gasteiger partial charge in [-0.25, -0.2) is 15.2 Å². The first-order chi connectivity index (χ1) is 17.0. The normalized spacial score (nSPS) is 16.4. The number of nitrogens with two attached hydrogens (primary N) is 2. The smallest absolute Gasteiger partial charge is 0.398 e. The van der Waals surface area contributed by atoms with E-state index in [0.717, 1.165) is 59.5 Å². The molecule has 1 fully saturated rings. The molecule has 0 bridgehead atoms. The third-order valence-corrected chi connectivity index (χ3v) is 6.57. The molecule has 0 saturated carbocycles. The molecule has 2 aromatic carbocycles. The lowest BCUT2D eigenvalue weighted by Gasteiger charge is -2.30. The van der Waals surface area contributed by atoms with E-state index in [9.17, 15) is 22.7 Å². The maximum absolute atomic E-state index is 13.5. The van der Waals surface area contributed by atoms with E-state index in [-0.39, 0.29) is 12.4 Å². The van der Waals surface area contributed by atoms with Crippen molar-refractivity contribution in [2.75, 3.05) is 18.0 Å². The molecule has 36 heavy (non-hydrogen) atoms. The van der Waals surface area contributed by atoms with Gasteiger partial charge < -0.3 is 20.7 Å². The second-order valence-corrected chi connectivity index (χ2v) is 9.05. The van der Waals surface area contributed by atoms with Gasteiger partial charge in [-0.3, -0.25) is 0 Å². The number of aliphatic hydroxyl groups is 1. The van der Waals surface area contributed by atoms with Gasteiger partial charge in [0, 0.05) is 24.7 Å². The second-order valence-electron chi connectivity index (χ2n) is 9.05. The van der Waals surface area contributed by atoms with Gasteiger partial charge in [0.05, 0.1) is 17.8 Å². The predicted molar refractivity (Wildman–Crippen MR) is 132 cm³/mol. The van der Waals surface area contributed by atoms with Gasteiger partial charge in [-0.2, -0.15) is 13.2 Å². The van der Waals surface area contributed by atoms with Crippen LogP contribution < -0.4 is 16.5 Å². The number of pyridine rings is 1. The average Bonchev–Trinajstić information content (AvgIpc) is 3.37. The van der Waals surface area contributed by atoms with E-state index in [1.807, 2.05) is 18.2 Å². The first-order valence-electron chi connectivity index (χ1n) is 11.7. The Morgan fingerprint density at radius 3 is 2.39 bits per heavy atom. The number of hydrogen-bond acceptors (Lipinski definition) is 6. The summed E-state index contributed by atoms with van der Waals surface area (Å²) in [4.78, 5) is 7.03. The van der Waals surface area contributed by atoms with Crippen molar-refractivity contribution in [2.45, 2.75) is 44.5 Å². The molecule has 0 radical (unpaired) electrons. The van der Waals surface area contributed by atoms with E-state index in [0.29, 0.717) is 11.1 Å². The highest BCUT2D eigenvalue weighted by Gasteiger charge is 2.54. The molecule has 1 atom stereocenters. The summed E-state index contributed by atoms with van der Waals surface area (Å²) in [6.45, 7) is 3.01. The Bertz CT molecular complexity index is 1260. The summed E-state index contributed by atoms with van der Waals surface area (Å²) in [5.41, 5.74) is 4.78. The first kappa shape index (κ1) is 25.7. The highest BCUT2D eigenvalue weighted by Crippen LogP contribution is 2.37. The zero-order valence-electron chi connectivity index (χ0n) is 19.9. The number of hydrazine groups is 1. The minimum Gasteiger partial charge on any atom is -0.398 e. The molecule has 0 aliphatic carbocycles. The van der Waals surface area contributed by atoms with Gasteiger partial charge in [-0.1, -0.05) is 31.2 Å². The summed E-state index contributed by atoms with van der Waals surface area (Å²) >= 11 is 0. The van der Waals surface area contributed by atoms with Gasteiger partial charge in [-0.15, -0.1) is 0 Å². The minimum absolute atomic E-state index is 0.0375. The van der Waals surface area contributed by atoms with Crippen LogP contribution in [0, 0.1) is 5.82 Å². The fourth-order valence-electron chi connectivity index (χ4n) is 4.45. The van der Waals surface area contributed by atoms with Crippen LogP contribution in [0.25, 0.3) is 22.0 Å². The molecule has 2 heterocycles. The molecule has 4 rings (SSSR count). The topological polar surface area (TPSA) is 91.6 Å². The number of halogens is 4. The van der Waals surface area contributed by atoms with Crippen molar-refractivity contribution >= 4 is 16.7 Å². The van der Waals surface area contributed by atoms with Crippen molar-refractivity contribution in [1.29, 1.82) is 0 Å². The molecule has 6 nitrogen and oxygen atoms in total. The third-order valence-electron chi connectivity index (χ3n) is 6.57. The quantitative estimate of drug-likeness (QED) is 0.243. The summed E-state index contributed by atoms with van der Waals surface area (Å²) in [5, 5.41) is 11.9. The number of hydrogen-bond donors (Lipinski definition) is 3. The van der Waals surface area contributed by atoms with Gasteiger partial charge in [0.1, 0.15) is 11.6 Å². The lowest BCUT2D eigenvalue weighted by Crippen LogP contribution is -2.49. The zero-order valence-corrected chi connectivity index (χ0v) is 19.9. The summed E-state index contributed by atoms with van der Waals surface area (Å²) in [6, 6.07) is 13.7. The molecule has 1 aliphatic rings. The number of fused-ring (bicyclic) bond motifs is 1. The predicted octanol–water partition coefficient (Wildman–Crippen LogP) is 4.82. The van der Waals surface area contributed by atoms with Crippen molar-refractivity contribution in [3.63, 3.8) is 0 Å². The molecule has 0 amide bonds. The summed E-state index contributed by atoms with van der Waals surface area (Å²) in [7, 11) is 0. The average molecular weight is 504 g/mol. The van der Waals surface area contributed by atoms with Crippen molar-refractivity contribution in [1.82, 2.24) is 9.99 Å². The van der Waals surface area contributed by atoms with E-state index in [4.69, 9.17) is 16.6 Å². The van der Waals surface area contributed by atoms with Gasteiger partial charge in [0.2, 0.25) is 5.60 Å². The highest BCUT2D eigenvalue weighted by molar-refractivity contribution is 5.96. The van der Waals surface area contributed by atoms with Crippen LogP contribution in [0.4, 0.5) is 23.4 Å². The van der Waals surface area contributed by atoms with Gasteiger partial charge in [0.15, 0.2) is 0 Å². The number of nitrogens with zero attached hydrogens (tertiary/aromatic N) is 3. The molecule has 1 aliphatic heterocycles. The maximum atomic E-state index is 13.5. The third kappa shape index (κ3) is 5.10. The Hall–Kier alpha value is -3.37. The molecule has 1 saturated heterocycles. The van der Waals surface area contributed by atoms with Crippen LogP contribution in [0.3, 0.4) is 0 Å². The summed E-state index contributed by atoms with van der Waals surface area (Å²) in [5.74, 6) is 6.43. The molecular formula is C26H29F4N5O. The highest BCUT2D eigenvalue weighted by atomic mass is 19.4. The van der Waals surface area contributed by atoms with Crippen LogP contribution in [0.5, 0.6) is 0 Å². The number of rotatable bonds is 7. The molecule has 0 spiro atoms. The van der Waals surface area contributed by atoms with Gasteiger partial charge >= 0.3 is 6.18 Å². The zero-order chi connectivity index (χ0) is 26.1. The van der Waals surface area contributed by atoms with Crippen molar-refractivity contribution < 1.29 is 22.7 Å². The van der Waals surface area contributed by atoms with E-state index in [1.165, 1.54) is 19.1 Å². The number of aromatic nitrogens is 1. The fourth-order valence-corrected chi connectivity index (χ4v) is 4.45. The Morgan fingerprint density at radius 1 is 1.11 bits per heavy atom. The van der Waals surface area contributed by atoms with E-state index in [1.54, 1.807) is 18.2 Å². The fraction of sp³-hybridized carbons (Fsp3) is 0.346. The van der Waals surface area contributed by atoms with Crippen molar-refractivity contribution in [2.24, 2.45) is 11.6 Å². The molecule has 3 aromatic rings. The van der Waals surface area contributed by atoms with E-state index < -0.39 is 23.9 Å². The lowest BCUT2D eigenvalue weighted by molar-refractivity contribution is -0.245. The standard InChI is InChI=1S/C26H29F4N5O/c1-2-25(36,26(28,29)30)23(31)16-35(32)15-17-5-10-20-21(18-6-8-19(27)9-7-18)14-24(33-22(20)13-17)34-11-3-4-12-34/h5-10,13-14,16,36H,2-4,11-12,15,31-32H2,1H3/b23-16-. The number of alkyl halides is 3. The van der Waals surface area contributed by atoms with Crippen LogP contribution >= 0.6 is 0 Å². The Morgan fingerprint density at radius 2 is 1.78 bits per heavy atom. The van der Waals surface area contributed by atoms with Gasteiger partial charge in [0.25, 0.3) is 0 Å². The minimum atomic E-state index is -4.93. The van der Waals surface area contributed by atoms with E-state index in [2.05, 4.69) is 4.90 Å². The Balaban J connectivity index is 1.69. The SMILES string of the molecule is CCC(O)(/C(N)=C/N(N)Cc1ccc2c(-c3ccc(F)cc3)cc(N3CCCC3)nc2c1)C(F)(F)F. The summed E-state index contributed by atoms with van der Waals surface area (Å²) < 4.78 is 53.5. The molecule has 10 heteroatoms. The number of anilines is 1. The maximum Gasteiger partial charge on any atom is 0.422 e. The van der Waals surface area contributed by atoms with Gasteiger partial charge in [-0.05, 0) is 60.2 Å². The van der Waals surface area contributed by atoms with Crippen LogP contribution in [0.2, 0.25) is 0 Å². The van der Waals surface area contributed by atoms with Crippen LogP contribution in [0.1, 0.15) is 31.7 Å². The largest absolute Gasteiger partial charge is 0.422 e. The first-order valence-corrected chi connectivity index (χ1v) is 11.7. The van der Waals surface area contributed by atoms with Crippen LogP contribution in [-0.4, -0.2) is 40.0 Å². The van der Waals surface area contributed by atoms with Crippen LogP contribution in [0.15, 0.2) is 60.4 Å². The Kier molecular flexibility index (Phi) is 7.10. The van der Waals surface area contributed by atoms with Crippen molar-refractivity contribution in [3.05, 3.63) is 71.8 Å². The monoisotopic (exact) mass is 503 g/mol. The molecule has 1 unspecified atom stereocenters. The molecular weight excluding hydrogens is 474 g/mol. The molecule has 5 N–H and O–H groups in total. The Labute approximate surface area is 206 Å². The number of benzene rings is 2. The second kappa shape index (κ2) is 9.94. The van der Waals surface area contributed by atoms with E-state index >= 15 is 0 Å².